The largest absolute Gasteiger partial charge is 0.507 e. The third kappa shape index (κ3) is 4.13. The maximum Gasteiger partial charge on any atom is 0.300 e. The third-order valence-corrected chi connectivity index (χ3v) is 6.18. The molecule has 0 radical (unpaired) electrons. The Morgan fingerprint density at radius 3 is 2.35 bits per heavy atom. The number of ether oxygens (including phenoxy) is 1. The molecule has 1 amide bonds. The van der Waals surface area contributed by atoms with Gasteiger partial charge in [-0.3, -0.25) is 14.5 Å². The summed E-state index contributed by atoms with van der Waals surface area (Å²) in [4.78, 5) is 30.0. The molecule has 1 aliphatic heterocycles. The number of amides is 1. The van der Waals surface area contributed by atoms with E-state index in [0.29, 0.717) is 22.0 Å². The van der Waals surface area contributed by atoms with E-state index in [-0.39, 0.29) is 11.3 Å². The molecule has 7 heteroatoms. The molecule has 174 valence electrons. The summed E-state index contributed by atoms with van der Waals surface area (Å²) >= 11 is 6.14. The minimum Gasteiger partial charge on any atom is -0.507 e. The van der Waals surface area contributed by atoms with Gasteiger partial charge in [-0.1, -0.05) is 41.4 Å². The molecule has 0 aliphatic carbocycles. The standard InChI is InChI=1S/C27H25ClN2O4/c1-16-6-5-7-17(14-16)24-23(25(31)18-8-13-21(28)22(15-18)34-4)26(32)27(33)30(24)20-11-9-19(10-12-20)29(2)3/h5-15,24,31H,1-4H3/b25-23-. The molecule has 1 heterocycles. The predicted molar refractivity (Wildman–Crippen MR) is 135 cm³/mol. The SMILES string of the molecule is COc1cc(/C(O)=C2/C(=O)C(=O)N(c3ccc(N(C)C)cc3)C2c2cccc(C)c2)ccc1Cl. The molecule has 1 fully saturated rings. The van der Waals surface area contributed by atoms with E-state index in [1.54, 1.807) is 30.3 Å². The van der Waals surface area contributed by atoms with Gasteiger partial charge in [0, 0.05) is 31.0 Å². The second-order valence-corrected chi connectivity index (χ2v) is 8.75. The number of methoxy groups -OCH3 is 1. The fraction of sp³-hybridized carbons (Fsp3) is 0.185. The molecule has 1 unspecified atom stereocenters. The number of carbonyl (C=O) groups excluding carboxylic acids is 2. The quantitative estimate of drug-likeness (QED) is 0.305. The van der Waals surface area contributed by atoms with Gasteiger partial charge in [0.1, 0.15) is 11.5 Å². The van der Waals surface area contributed by atoms with Crippen LogP contribution in [0.25, 0.3) is 5.76 Å². The van der Waals surface area contributed by atoms with Gasteiger partial charge < -0.3 is 14.7 Å². The van der Waals surface area contributed by atoms with Crippen LogP contribution in [0.2, 0.25) is 5.02 Å². The van der Waals surface area contributed by atoms with Gasteiger partial charge in [0.05, 0.1) is 23.7 Å². The van der Waals surface area contributed by atoms with Crippen molar-refractivity contribution in [3.05, 3.63) is 94.0 Å². The average Bonchev–Trinajstić information content (AvgIpc) is 3.09. The number of ketones is 1. The first-order chi connectivity index (χ1) is 16.2. The van der Waals surface area contributed by atoms with Gasteiger partial charge in [0.25, 0.3) is 11.7 Å². The van der Waals surface area contributed by atoms with E-state index in [1.165, 1.54) is 12.0 Å². The van der Waals surface area contributed by atoms with Crippen LogP contribution in [0.5, 0.6) is 5.75 Å². The molecular weight excluding hydrogens is 452 g/mol. The van der Waals surface area contributed by atoms with Crippen LogP contribution in [-0.2, 0) is 9.59 Å². The first kappa shape index (κ1) is 23.4. The highest BCUT2D eigenvalue weighted by molar-refractivity contribution is 6.51. The van der Waals surface area contributed by atoms with E-state index in [2.05, 4.69) is 0 Å². The number of aliphatic hydroxyl groups excluding tert-OH is 1. The first-order valence-corrected chi connectivity index (χ1v) is 11.1. The summed E-state index contributed by atoms with van der Waals surface area (Å²) < 4.78 is 5.26. The minimum absolute atomic E-state index is 0.0108. The smallest absolute Gasteiger partial charge is 0.300 e. The maximum absolute atomic E-state index is 13.3. The molecule has 1 aliphatic rings. The summed E-state index contributed by atoms with van der Waals surface area (Å²) in [6.07, 6.45) is 0. The van der Waals surface area contributed by atoms with Crippen LogP contribution < -0.4 is 14.5 Å². The van der Waals surface area contributed by atoms with Gasteiger partial charge in [0.15, 0.2) is 0 Å². The molecule has 1 N–H and O–H groups in total. The topological polar surface area (TPSA) is 70.1 Å². The molecule has 0 spiro atoms. The summed E-state index contributed by atoms with van der Waals surface area (Å²) in [5.74, 6) is -1.39. The molecule has 3 aromatic carbocycles. The summed E-state index contributed by atoms with van der Waals surface area (Å²) in [5, 5.41) is 11.6. The number of aliphatic hydroxyl groups is 1. The van der Waals surface area contributed by atoms with Crippen molar-refractivity contribution in [1.29, 1.82) is 0 Å². The fourth-order valence-electron chi connectivity index (χ4n) is 4.13. The number of benzene rings is 3. The lowest BCUT2D eigenvalue weighted by Crippen LogP contribution is -2.29. The van der Waals surface area contributed by atoms with Crippen molar-refractivity contribution in [3.8, 4) is 5.75 Å². The minimum atomic E-state index is -0.799. The Balaban J connectivity index is 1.92. The highest BCUT2D eigenvalue weighted by Gasteiger charge is 2.47. The normalized spacial score (nSPS) is 17.2. The summed E-state index contributed by atoms with van der Waals surface area (Å²) in [5.41, 5.74) is 3.56. The number of Topliss-reactive ketones (excluding diaryl/α,β-unsaturated/α-hetero) is 1. The van der Waals surface area contributed by atoms with Crippen LogP contribution in [0.15, 0.2) is 72.3 Å². The van der Waals surface area contributed by atoms with Crippen LogP contribution in [-0.4, -0.2) is 38.0 Å². The Labute approximate surface area is 203 Å². The lowest BCUT2D eigenvalue weighted by molar-refractivity contribution is -0.132. The average molecular weight is 477 g/mol. The van der Waals surface area contributed by atoms with Crippen molar-refractivity contribution < 1.29 is 19.4 Å². The molecule has 6 nitrogen and oxygen atoms in total. The van der Waals surface area contributed by atoms with Crippen LogP contribution in [0, 0.1) is 6.92 Å². The van der Waals surface area contributed by atoms with Crippen LogP contribution >= 0.6 is 11.6 Å². The van der Waals surface area contributed by atoms with Gasteiger partial charge in [-0.25, -0.2) is 0 Å². The van der Waals surface area contributed by atoms with E-state index in [9.17, 15) is 14.7 Å². The monoisotopic (exact) mass is 476 g/mol. The number of hydrogen-bond acceptors (Lipinski definition) is 5. The van der Waals surface area contributed by atoms with Crippen molar-refractivity contribution in [1.82, 2.24) is 0 Å². The Morgan fingerprint density at radius 2 is 1.74 bits per heavy atom. The Hall–Kier alpha value is -3.77. The molecule has 3 aromatic rings. The van der Waals surface area contributed by atoms with Crippen molar-refractivity contribution in [2.75, 3.05) is 31.0 Å². The Morgan fingerprint density at radius 1 is 1.03 bits per heavy atom. The van der Waals surface area contributed by atoms with Crippen molar-refractivity contribution in [3.63, 3.8) is 0 Å². The number of nitrogens with zero attached hydrogens (tertiary/aromatic N) is 2. The summed E-state index contributed by atoms with van der Waals surface area (Å²) in [6, 6.07) is 18.8. The number of anilines is 2. The molecule has 34 heavy (non-hydrogen) atoms. The van der Waals surface area contributed by atoms with Crippen LogP contribution in [0.1, 0.15) is 22.7 Å². The van der Waals surface area contributed by atoms with Crippen molar-refractivity contribution >= 4 is 40.4 Å². The Bertz CT molecular complexity index is 1300. The second kappa shape index (κ2) is 9.23. The lowest BCUT2D eigenvalue weighted by atomic mass is 9.94. The van der Waals surface area contributed by atoms with Crippen LogP contribution in [0.3, 0.4) is 0 Å². The van der Waals surface area contributed by atoms with Gasteiger partial charge >= 0.3 is 0 Å². The van der Waals surface area contributed by atoms with Gasteiger partial charge in [-0.15, -0.1) is 0 Å². The zero-order valence-electron chi connectivity index (χ0n) is 19.4. The zero-order chi connectivity index (χ0) is 24.6. The number of rotatable bonds is 5. The van der Waals surface area contributed by atoms with E-state index in [4.69, 9.17) is 16.3 Å². The zero-order valence-corrected chi connectivity index (χ0v) is 20.1. The maximum atomic E-state index is 13.3. The van der Waals surface area contributed by atoms with E-state index < -0.39 is 17.7 Å². The second-order valence-electron chi connectivity index (χ2n) is 8.34. The van der Waals surface area contributed by atoms with E-state index in [0.717, 1.165) is 16.8 Å². The molecule has 0 saturated carbocycles. The van der Waals surface area contributed by atoms with Gasteiger partial charge in [0.2, 0.25) is 0 Å². The third-order valence-electron chi connectivity index (χ3n) is 5.87. The highest BCUT2D eigenvalue weighted by atomic mass is 35.5. The summed E-state index contributed by atoms with van der Waals surface area (Å²) in [6.45, 7) is 1.94. The number of carbonyl (C=O) groups is 2. The molecule has 0 aromatic heterocycles. The molecule has 0 bridgehead atoms. The number of aryl methyl sites for hydroxylation is 1. The van der Waals surface area contributed by atoms with Crippen LogP contribution in [0.4, 0.5) is 11.4 Å². The summed E-state index contributed by atoms with van der Waals surface area (Å²) in [7, 11) is 5.32. The molecule has 1 atom stereocenters. The highest BCUT2D eigenvalue weighted by Crippen LogP contribution is 2.43. The molecular formula is C27H25ClN2O4. The van der Waals surface area contributed by atoms with Gasteiger partial charge in [-0.2, -0.15) is 0 Å². The first-order valence-electron chi connectivity index (χ1n) is 10.7. The molecule has 4 rings (SSSR count). The van der Waals surface area contributed by atoms with E-state index >= 15 is 0 Å². The Kier molecular flexibility index (Phi) is 6.35. The van der Waals surface area contributed by atoms with Crippen molar-refractivity contribution in [2.24, 2.45) is 0 Å². The lowest BCUT2D eigenvalue weighted by Gasteiger charge is -2.26. The van der Waals surface area contributed by atoms with Gasteiger partial charge in [-0.05, 0) is 55.0 Å². The number of halogens is 1. The fourth-order valence-corrected chi connectivity index (χ4v) is 4.32. The predicted octanol–water partition coefficient (Wildman–Crippen LogP) is 5.35. The van der Waals surface area contributed by atoms with Crippen molar-refractivity contribution in [2.45, 2.75) is 13.0 Å². The van der Waals surface area contributed by atoms with E-state index in [1.807, 2.05) is 62.3 Å². The number of hydrogen-bond donors (Lipinski definition) is 1. The molecule has 1 saturated heterocycles.